The van der Waals surface area contributed by atoms with Crippen molar-refractivity contribution in [3.63, 3.8) is 0 Å². The summed E-state index contributed by atoms with van der Waals surface area (Å²) >= 11 is 0. The Labute approximate surface area is 123 Å². The molecule has 1 aromatic heterocycles. The summed E-state index contributed by atoms with van der Waals surface area (Å²) in [6.07, 6.45) is 3.05. The minimum atomic E-state index is -0.844. The number of hydrogen-bond donors (Lipinski definition) is 2. The minimum absolute atomic E-state index is 0.144. The summed E-state index contributed by atoms with van der Waals surface area (Å²) in [6, 6.07) is 2.74. The number of rotatable bonds is 3. The third-order valence-electron chi connectivity index (χ3n) is 4.70. The second-order valence-corrected chi connectivity index (χ2v) is 5.98. The number of hydrogen-bond acceptors (Lipinski definition) is 4. The molecule has 1 amide bonds. The van der Waals surface area contributed by atoms with Gasteiger partial charge in [0.15, 0.2) is 0 Å². The lowest BCUT2D eigenvalue weighted by Crippen LogP contribution is -2.41. The predicted octanol–water partition coefficient (Wildman–Crippen LogP) is 1.18. The van der Waals surface area contributed by atoms with E-state index in [1.54, 1.807) is 17.0 Å². The van der Waals surface area contributed by atoms with Crippen molar-refractivity contribution in [3.05, 3.63) is 23.4 Å². The van der Waals surface area contributed by atoms with Crippen LogP contribution in [0.1, 0.15) is 35.3 Å². The first-order chi connectivity index (χ1) is 9.99. The molecule has 1 saturated carbocycles. The number of pyridine rings is 1. The molecule has 2 heterocycles. The van der Waals surface area contributed by atoms with Crippen LogP contribution in [-0.4, -0.2) is 34.6 Å². The number of anilines is 1. The number of primary amides is 1. The van der Waals surface area contributed by atoms with E-state index >= 15 is 0 Å². The Morgan fingerprint density at radius 3 is 2.81 bits per heavy atom. The van der Waals surface area contributed by atoms with Gasteiger partial charge in [0, 0.05) is 12.2 Å². The Hall–Kier alpha value is -2.11. The van der Waals surface area contributed by atoms with Gasteiger partial charge in [-0.15, -0.1) is 0 Å². The fourth-order valence-electron chi connectivity index (χ4n) is 3.79. The van der Waals surface area contributed by atoms with E-state index < -0.39 is 17.9 Å². The molecule has 1 aliphatic carbocycles. The summed E-state index contributed by atoms with van der Waals surface area (Å²) in [4.78, 5) is 29.5. The molecule has 1 saturated heterocycles. The number of fused-ring (bicyclic) bond motifs is 1. The lowest BCUT2D eigenvalue weighted by Gasteiger charge is -2.27. The van der Waals surface area contributed by atoms with Crippen LogP contribution in [0.4, 0.5) is 5.82 Å². The van der Waals surface area contributed by atoms with Gasteiger partial charge in [0.25, 0.3) is 5.91 Å². The van der Waals surface area contributed by atoms with Gasteiger partial charge in [-0.25, -0.2) is 9.78 Å². The number of aryl methyl sites for hydroxylation is 1. The zero-order valence-corrected chi connectivity index (χ0v) is 12.0. The number of aliphatic carboxylic acids is 1. The average molecular weight is 289 g/mol. The SMILES string of the molecule is Cc1ccc(C(N)=O)c(N2CC3CCCC3C2C(=O)O)n1. The predicted molar refractivity (Wildman–Crippen MR) is 77.1 cm³/mol. The van der Waals surface area contributed by atoms with Crippen molar-refractivity contribution in [2.24, 2.45) is 17.6 Å². The number of carboxylic acids is 1. The van der Waals surface area contributed by atoms with Gasteiger partial charge in [-0.05, 0) is 43.7 Å². The molecule has 1 aromatic rings. The number of nitrogens with zero attached hydrogens (tertiary/aromatic N) is 2. The van der Waals surface area contributed by atoms with E-state index in [-0.39, 0.29) is 5.92 Å². The molecular weight excluding hydrogens is 270 g/mol. The van der Waals surface area contributed by atoms with Gasteiger partial charge >= 0.3 is 5.97 Å². The van der Waals surface area contributed by atoms with Crippen molar-refractivity contribution >= 4 is 17.7 Å². The number of carbonyl (C=O) groups is 2. The maximum Gasteiger partial charge on any atom is 0.326 e. The molecule has 6 heteroatoms. The highest BCUT2D eigenvalue weighted by Gasteiger charge is 2.48. The topological polar surface area (TPSA) is 96.5 Å². The van der Waals surface area contributed by atoms with Gasteiger partial charge < -0.3 is 15.7 Å². The standard InChI is InChI=1S/C15H19N3O3/c1-8-5-6-11(13(16)19)14(17-8)18-7-9-3-2-4-10(9)12(18)15(20)21/h5-6,9-10,12H,2-4,7H2,1H3,(H2,16,19)(H,20,21). The monoisotopic (exact) mass is 289 g/mol. The second-order valence-electron chi connectivity index (χ2n) is 5.98. The highest BCUT2D eigenvalue weighted by Crippen LogP contribution is 2.44. The van der Waals surface area contributed by atoms with E-state index in [1.165, 1.54) is 0 Å². The van der Waals surface area contributed by atoms with Crippen molar-refractivity contribution in [2.45, 2.75) is 32.2 Å². The van der Waals surface area contributed by atoms with Crippen LogP contribution in [0.2, 0.25) is 0 Å². The third-order valence-corrected chi connectivity index (χ3v) is 4.70. The van der Waals surface area contributed by atoms with Gasteiger partial charge in [-0.3, -0.25) is 4.79 Å². The Kier molecular flexibility index (Phi) is 3.31. The molecule has 0 bridgehead atoms. The molecule has 21 heavy (non-hydrogen) atoms. The molecule has 112 valence electrons. The number of aromatic nitrogens is 1. The number of carbonyl (C=O) groups excluding carboxylic acids is 1. The van der Waals surface area contributed by atoms with Crippen molar-refractivity contribution < 1.29 is 14.7 Å². The van der Waals surface area contributed by atoms with Gasteiger partial charge in [0.05, 0.1) is 5.56 Å². The third kappa shape index (κ3) is 2.24. The molecule has 3 atom stereocenters. The normalized spacial score (nSPS) is 27.7. The average Bonchev–Trinajstić information content (AvgIpc) is 2.96. The van der Waals surface area contributed by atoms with Crippen molar-refractivity contribution in [3.8, 4) is 0 Å². The van der Waals surface area contributed by atoms with Crippen LogP contribution in [0, 0.1) is 18.8 Å². The van der Waals surface area contributed by atoms with Gasteiger partial charge in [0.1, 0.15) is 11.9 Å². The fraction of sp³-hybridized carbons (Fsp3) is 0.533. The largest absolute Gasteiger partial charge is 0.480 e. The molecule has 0 radical (unpaired) electrons. The summed E-state index contributed by atoms with van der Waals surface area (Å²) < 4.78 is 0. The number of nitrogens with two attached hydrogens (primary N) is 1. The van der Waals surface area contributed by atoms with E-state index in [0.717, 1.165) is 25.0 Å². The molecule has 2 aliphatic rings. The molecule has 2 fully saturated rings. The van der Waals surface area contributed by atoms with E-state index in [4.69, 9.17) is 5.73 Å². The molecule has 3 N–H and O–H groups in total. The van der Waals surface area contributed by atoms with Crippen LogP contribution in [0.3, 0.4) is 0 Å². The maximum absolute atomic E-state index is 11.7. The Morgan fingerprint density at radius 1 is 1.38 bits per heavy atom. The first kappa shape index (κ1) is 13.9. The van der Waals surface area contributed by atoms with Gasteiger partial charge in [-0.2, -0.15) is 0 Å². The van der Waals surface area contributed by atoms with Crippen LogP contribution in [-0.2, 0) is 4.79 Å². The molecule has 1 aliphatic heterocycles. The Bertz CT molecular complexity index is 602. The van der Waals surface area contributed by atoms with E-state index in [9.17, 15) is 14.7 Å². The van der Waals surface area contributed by atoms with Gasteiger partial charge in [-0.1, -0.05) is 6.42 Å². The van der Waals surface area contributed by atoms with Gasteiger partial charge in [0.2, 0.25) is 0 Å². The molecule has 0 aromatic carbocycles. The van der Waals surface area contributed by atoms with Crippen LogP contribution in [0.15, 0.2) is 12.1 Å². The lowest BCUT2D eigenvalue weighted by atomic mass is 9.94. The van der Waals surface area contributed by atoms with Crippen LogP contribution in [0.5, 0.6) is 0 Å². The smallest absolute Gasteiger partial charge is 0.326 e. The fourth-order valence-corrected chi connectivity index (χ4v) is 3.79. The van der Waals surface area contributed by atoms with Crippen LogP contribution >= 0.6 is 0 Å². The zero-order valence-electron chi connectivity index (χ0n) is 12.0. The van der Waals surface area contributed by atoms with Crippen molar-refractivity contribution in [1.29, 1.82) is 0 Å². The van der Waals surface area contributed by atoms with E-state index in [0.29, 0.717) is 23.8 Å². The molecule has 6 nitrogen and oxygen atoms in total. The summed E-state index contributed by atoms with van der Waals surface area (Å²) in [6.45, 7) is 2.46. The van der Waals surface area contributed by atoms with E-state index in [1.807, 2.05) is 6.92 Å². The lowest BCUT2D eigenvalue weighted by molar-refractivity contribution is -0.139. The summed E-state index contributed by atoms with van der Waals surface area (Å²) in [5.41, 5.74) is 6.46. The van der Waals surface area contributed by atoms with Crippen LogP contribution in [0.25, 0.3) is 0 Å². The maximum atomic E-state index is 11.7. The van der Waals surface area contributed by atoms with Crippen LogP contribution < -0.4 is 10.6 Å². The Morgan fingerprint density at radius 2 is 2.14 bits per heavy atom. The highest BCUT2D eigenvalue weighted by molar-refractivity contribution is 5.98. The Balaban J connectivity index is 2.05. The number of amides is 1. The van der Waals surface area contributed by atoms with Crippen molar-refractivity contribution in [2.75, 3.05) is 11.4 Å². The number of carboxylic acid groups (broad SMARTS) is 1. The van der Waals surface area contributed by atoms with E-state index in [2.05, 4.69) is 4.98 Å². The summed E-state index contributed by atoms with van der Waals surface area (Å²) in [5.74, 6) is -0.481. The summed E-state index contributed by atoms with van der Waals surface area (Å²) in [5, 5.41) is 9.61. The molecular formula is C15H19N3O3. The summed E-state index contributed by atoms with van der Waals surface area (Å²) in [7, 11) is 0. The first-order valence-electron chi connectivity index (χ1n) is 7.26. The van der Waals surface area contributed by atoms with Crippen molar-refractivity contribution in [1.82, 2.24) is 4.98 Å². The molecule has 3 unspecified atom stereocenters. The quantitative estimate of drug-likeness (QED) is 0.871. The molecule has 3 rings (SSSR count). The minimum Gasteiger partial charge on any atom is -0.480 e. The first-order valence-corrected chi connectivity index (χ1v) is 7.26. The molecule has 0 spiro atoms. The zero-order chi connectivity index (χ0) is 15.1. The highest BCUT2D eigenvalue weighted by atomic mass is 16.4. The second kappa shape index (κ2) is 5.02.